The van der Waals surface area contributed by atoms with Crippen molar-refractivity contribution < 1.29 is 14.6 Å². The van der Waals surface area contributed by atoms with E-state index in [4.69, 9.17) is 16.3 Å². The van der Waals surface area contributed by atoms with Gasteiger partial charge in [0.2, 0.25) is 9.47 Å². The van der Waals surface area contributed by atoms with Gasteiger partial charge in [-0.25, -0.2) is 0 Å². The van der Waals surface area contributed by atoms with Gasteiger partial charge in [-0.3, -0.25) is 4.79 Å². The second-order valence-corrected chi connectivity index (χ2v) is 5.13. The molecule has 6 nitrogen and oxygen atoms in total. The maximum Gasteiger partial charge on any atom is 0.282 e. The summed E-state index contributed by atoms with van der Waals surface area (Å²) >= 11 is 6.55. The van der Waals surface area contributed by atoms with Gasteiger partial charge in [0, 0.05) is 19.6 Å². The second kappa shape index (κ2) is 4.62. The number of hydrogen-bond acceptors (Lipinski definition) is 6. The zero-order chi connectivity index (χ0) is 11.6. The second-order valence-electron chi connectivity index (χ2n) is 3.57. The third-order valence-corrected chi connectivity index (χ3v) is 3.27. The lowest BCUT2D eigenvalue weighted by atomic mass is 10.0. The highest BCUT2D eigenvalue weighted by Gasteiger charge is 2.32. The molecular formula is C8H10ClN3O3S. The number of nitrogens with zero attached hydrogens (tertiary/aromatic N) is 2. The summed E-state index contributed by atoms with van der Waals surface area (Å²) in [7, 11) is 0. The number of halogens is 1. The van der Waals surface area contributed by atoms with E-state index in [-0.39, 0.29) is 28.5 Å². The van der Waals surface area contributed by atoms with Gasteiger partial charge in [-0.05, 0) is 11.6 Å². The number of carbonyl (C=O) groups is 1. The van der Waals surface area contributed by atoms with Crippen molar-refractivity contribution in [1.82, 2.24) is 15.5 Å². The monoisotopic (exact) mass is 263 g/mol. The van der Waals surface area contributed by atoms with Crippen LogP contribution in [0.25, 0.3) is 0 Å². The van der Waals surface area contributed by atoms with Crippen molar-refractivity contribution in [3.63, 3.8) is 0 Å². The van der Waals surface area contributed by atoms with E-state index in [9.17, 15) is 9.90 Å². The Bertz CT molecular complexity index is 392. The number of rotatable bonds is 3. The summed E-state index contributed by atoms with van der Waals surface area (Å²) in [5, 5.41) is 19.8. The topological polar surface area (TPSA) is 84.3 Å². The highest BCUT2D eigenvalue weighted by Crippen LogP contribution is 2.18. The normalized spacial score (nSPS) is 24.6. The number of aromatic nitrogens is 2. The van der Waals surface area contributed by atoms with Crippen LogP contribution in [0.4, 0.5) is 0 Å². The first kappa shape index (κ1) is 11.7. The average molecular weight is 264 g/mol. The summed E-state index contributed by atoms with van der Waals surface area (Å²) in [6, 6.07) is 0. The molecule has 2 rings (SSSR count). The van der Waals surface area contributed by atoms with Crippen molar-refractivity contribution in [2.24, 2.45) is 0 Å². The maximum absolute atomic E-state index is 11.5. The standard InChI is InChI=1S/C8H10ClN3O3S/c9-7-12-11-6(16-7)5(13)10-3-8(14)1-2-15-4-8/h14H,1-4H2,(H,10,13). The molecule has 1 unspecified atom stereocenters. The van der Waals surface area contributed by atoms with Crippen molar-refractivity contribution >= 4 is 28.8 Å². The summed E-state index contributed by atoms with van der Waals surface area (Å²) in [6.45, 7) is 0.893. The highest BCUT2D eigenvalue weighted by atomic mass is 35.5. The SMILES string of the molecule is O=C(NCC1(O)CCOC1)c1nnc(Cl)s1. The van der Waals surface area contributed by atoms with E-state index >= 15 is 0 Å². The average Bonchev–Trinajstić information content (AvgIpc) is 2.85. The molecule has 0 spiro atoms. The van der Waals surface area contributed by atoms with Crippen molar-refractivity contribution in [1.29, 1.82) is 0 Å². The van der Waals surface area contributed by atoms with Gasteiger partial charge in [-0.1, -0.05) is 11.3 Å². The molecule has 1 aliphatic heterocycles. The molecule has 1 aromatic heterocycles. The van der Waals surface area contributed by atoms with Crippen LogP contribution >= 0.6 is 22.9 Å². The Balaban J connectivity index is 1.88. The molecule has 1 aliphatic rings. The predicted octanol–water partition coefficient (Wildman–Crippen LogP) is 0.0727. The van der Waals surface area contributed by atoms with Gasteiger partial charge in [0.05, 0.1) is 6.61 Å². The Labute approximate surface area is 101 Å². The molecule has 1 atom stereocenters. The fraction of sp³-hybridized carbons (Fsp3) is 0.625. The van der Waals surface area contributed by atoms with Crippen molar-refractivity contribution in [2.75, 3.05) is 19.8 Å². The van der Waals surface area contributed by atoms with Gasteiger partial charge < -0.3 is 15.2 Å². The van der Waals surface area contributed by atoms with E-state index in [1.165, 1.54) is 0 Å². The first-order valence-electron chi connectivity index (χ1n) is 4.66. The van der Waals surface area contributed by atoms with E-state index in [2.05, 4.69) is 15.5 Å². The number of carbonyl (C=O) groups excluding carboxylic acids is 1. The van der Waals surface area contributed by atoms with Crippen LogP contribution in [0.2, 0.25) is 4.47 Å². The van der Waals surface area contributed by atoms with Gasteiger partial charge >= 0.3 is 0 Å². The molecule has 16 heavy (non-hydrogen) atoms. The Kier molecular flexibility index (Phi) is 3.38. The minimum Gasteiger partial charge on any atom is -0.386 e. The number of nitrogens with one attached hydrogen (secondary N) is 1. The van der Waals surface area contributed by atoms with Crippen LogP contribution in [0.3, 0.4) is 0 Å². The fourth-order valence-corrected chi connectivity index (χ4v) is 2.10. The Morgan fingerprint density at radius 1 is 1.69 bits per heavy atom. The summed E-state index contributed by atoms with van der Waals surface area (Å²) in [4.78, 5) is 11.5. The third kappa shape index (κ3) is 2.67. The van der Waals surface area contributed by atoms with Gasteiger partial charge in [-0.2, -0.15) is 0 Å². The molecule has 1 aromatic rings. The van der Waals surface area contributed by atoms with Crippen LogP contribution < -0.4 is 5.32 Å². The summed E-state index contributed by atoms with van der Waals surface area (Å²) in [6.07, 6.45) is 0.518. The molecule has 0 aromatic carbocycles. The van der Waals surface area contributed by atoms with E-state index in [1.54, 1.807) is 0 Å². The lowest BCUT2D eigenvalue weighted by Gasteiger charge is -2.19. The van der Waals surface area contributed by atoms with E-state index in [1.807, 2.05) is 0 Å². The zero-order valence-electron chi connectivity index (χ0n) is 8.27. The summed E-state index contributed by atoms with van der Waals surface area (Å²) < 4.78 is 5.27. The minimum absolute atomic E-state index is 0.142. The molecule has 1 fully saturated rings. The molecule has 0 aliphatic carbocycles. The molecule has 0 saturated carbocycles. The third-order valence-electron chi connectivity index (χ3n) is 2.26. The molecule has 1 saturated heterocycles. The van der Waals surface area contributed by atoms with E-state index in [0.717, 1.165) is 11.3 Å². The van der Waals surface area contributed by atoms with Gasteiger partial charge in [-0.15, -0.1) is 10.2 Å². The zero-order valence-corrected chi connectivity index (χ0v) is 9.85. The maximum atomic E-state index is 11.5. The number of hydrogen-bond donors (Lipinski definition) is 2. The van der Waals surface area contributed by atoms with Crippen molar-refractivity contribution in [2.45, 2.75) is 12.0 Å². The predicted molar refractivity (Wildman–Crippen MR) is 57.6 cm³/mol. The van der Waals surface area contributed by atoms with Crippen LogP contribution in [0.5, 0.6) is 0 Å². The number of amides is 1. The lowest BCUT2D eigenvalue weighted by Crippen LogP contribution is -2.43. The van der Waals surface area contributed by atoms with E-state index in [0.29, 0.717) is 13.0 Å². The molecule has 8 heteroatoms. The molecular weight excluding hydrogens is 254 g/mol. The fourth-order valence-electron chi connectivity index (χ4n) is 1.35. The van der Waals surface area contributed by atoms with Crippen LogP contribution in [0, 0.1) is 0 Å². The Morgan fingerprint density at radius 3 is 3.06 bits per heavy atom. The number of ether oxygens (including phenoxy) is 1. The highest BCUT2D eigenvalue weighted by molar-refractivity contribution is 7.17. The minimum atomic E-state index is -0.968. The van der Waals surface area contributed by atoms with Gasteiger partial charge in [0.1, 0.15) is 5.60 Å². The number of aliphatic hydroxyl groups is 1. The molecule has 0 radical (unpaired) electrons. The molecule has 88 valence electrons. The van der Waals surface area contributed by atoms with Crippen molar-refractivity contribution in [3.05, 3.63) is 9.47 Å². The van der Waals surface area contributed by atoms with Crippen LogP contribution in [0.15, 0.2) is 0 Å². The molecule has 2 heterocycles. The van der Waals surface area contributed by atoms with Crippen molar-refractivity contribution in [3.8, 4) is 0 Å². The first-order valence-corrected chi connectivity index (χ1v) is 5.86. The Hall–Kier alpha value is -0.760. The van der Waals surface area contributed by atoms with E-state index < -0.39 is 5.60 Å². The molecule has 0 bridgehead atoms. The quantitative estimate of drug-likeness (QED) is 0.806. The van der Waals surface area contributed by atoms with Crippen LogP contribution in [-0.4, -0.2) is 46.6 Å². The largest absolute Gasteiger partial charge is 0.386 e. The summed E-state index contributed by atoms with van der Waals surface area (Å²) in [5.74, 6) is -0.385. The summed E-state index contributed by atoms with van der Waals surface area (Å²) in [5.41, 5.74) is -0.968. The smallest absolute Gasteiger partial charge is 0.282 e. The van der Waals surface area contributed by atoms with Crippen LogP contribution in [-0.2, 0) is 4.74 Å². The van der Waals surface area contributed by atoms with Crippen LogP contribution in [0.1, 0.15) is 16.2 Å². The van der Waals surface area contributed by atoms with Gasteiger partial charge in [0.25, 0.3) is 5.91 Å². The molecule has 2 N–H and O–H groups in total. The Morgan fingerprint density at radius 2 is 2.50 bits per heavy atom. The molecule has 1 amide bonds. The lowest BCUT2D eigenvalue weighted by molar-refractivity contribution is 0.0264. The first-order chi connectivity index (χ1) is 7.59. The van der Waals surface area contributed by atoms with Gasteiger partial charge in [0.15, 0.2) is 0 Å².